The number of aliphatic hydroxyl groups is 1. The lowest BCUT2D eigenvalue weighted by molar-refractivity contribution is -0.132. The molecule has 1 saturated heterocycles. The zero-order valence-corrected chi connectivity index (χ0v) is 29.1. The van der Waals surface area contributed by atoms with Crippen LogP contribution in [-0.4, -0.2) is 46.8 Å². The van der Waals surface area contributed by atoms with Crippen molar-refractivity contribution in [3.05, 3.63) is 124 Å². The lowest BCUT2D eigenvalue weighted by atomic mass is 9.95. The van der Waals surface area contributed by atoms with Crippen LogP contribution in [0.15, 0.2) is 101 Å². The number of nitrogens with zero attached hydrogens (tertiary/aromatic N) is 3. The molecule has 1 amide bonds. The van der Waals surface area contributed by atoms with Gasteiger partial charge in [0.15, 0.2) is 27.3 Å². The first kappa shape index (κ1) is 33.5. The van der Waals surface area contributed by atoms with Gasteiger partial charge in [-0.2, -0.15) is 0 Å². The summed E-state index contributed by atoms with van der Waals surface area (Å²) in [4.78, 5) is 29.0. The second-order valence-electron chi connectivity index (χ2n) is 11.2. The first-order chi connectivity index (χ1) is 24.4. The molecule has 1 fully saturated rings. The first-order valence-electron chi connectivity index (χ1n) is 15.8. The smallest absolute Gasteiger partial charge is 0.301 e. The zero-order chi connectivity index (χ0) is 34.6. The summed E-state index contributed by atoms with van der Waals surface area (Å²) >= 11 is 8.93. The molecule has 2 aliphatic rings. The van der Waals surface area contributed by atoms with Gasteiger partial charge in [0, 0.05) is 16.3 Å². The van der Waals surface area contributed by atoms with Gasteiger partial charge in [-0.1, -0.05) is 89.3 Å². The monoisotopic (exact) mass is 727 g/mol. The van der Waals surface area contributed by atoms with Gasteiger partial charge in [0.25, 0.3) is 5.78 Å². The quantitative estimate of drug-likeness (QED) is 0.0473. The Hall–Kier alpha value is -5.04. The number of amides is 1. The van der Waals surface area contributed by atoms with Crippen LogP contribution in [0.3, 0.4) is 0 Å². The van der Waals surface area contributed by atoms with Gasteiger partial charge < -0.3 is 24.1 Å². The molecule has 1 aromatic heterocycles. The van der Waals surface area contributed by atoms with Crippen molar-refractivity contribution in [2.24, 2.45) is 0 Å². The Kier molecular flexibility index (Phi) is 9.92. The second kappa shape index (κ2) is 14.8. The minimum atomic E-state index is -1.07. The van der Waals surface area contributed by atoms with Gasteiger partial charge in [-0.05, 0) is 60.0 Å². The number of halogens is 1. The van der Waals surface area contributed by atoms with Crippen molar-refractivity contribution in [3.63, 3.8) is 0 Å². The van der Waals surface area contributed by atoms with E-state index >= 15 is 0 Å². The molecular weight excluding hydrogens is 698 g/mol. The summed E-state index contributed by atoms with van der Waals surface area (Å²) in [5.74, 6) is 0.287. The van der Waals surface area contributed by atoms with Gasteiger partial charge in [-0.25, -0.2) is 0 Å². The summed E-state index contributed by atoms with van der Waals surface area (Å²) in [6.07, 6.45) is 0. The summed E-state index contributed by atoms with van der Waals surface area (Å²) in [5.41, 5.74) is 2.57. The molecular formula is C37H30ClN3O7S2. The normalized spacial score (nSPS) is 16.4. The number of carbonyl (C=O) groups is 2. The summed E-state index contributed by atoms with van der Waals surface area (Å²) in [6, 6.07) is 26.2. The molecule has 4 aromatic carbocycles. The van der Waals surface area contributed by atoms with E-state index in [9.17, 15) is 14.7 Å². The third-order valence-corrected chi connectivity index (χ3v) is 10.5. The van der Waals surface area contributed by atoms with E-state index in [0.717, 1.165) is 22.5 Å². The molecule has 254 valence electrons. The van der Waals surface area contributed by atoms with Crippen LogP contribution in [0.4, 0.5) is 5.13 Å². The molecule has 0 bridgehead atoms. The fraction of sp³-hybridized carbons (Fsp3) is 0.189. The van der Waals surface area contributed by atoms with Crippen LogP contribution in [0.1, 0.15) is 35.2 Å². The number of aliphatic hydroxyl groups excluding tert-OH is 1. The number of thioether (sulfide) groups is 1. The van der Waals surface area contributed by atoms with Gasteiger partial charge in [-0.15, -0.1) is 10.2 Å². The maximum absolute atomic E-state index is 13.9. The number of hydrogen-bond donors (Lipinski definition) is 1. The molecule has 0 unspecified atom stereocenters. The lowest BCUT2D eigenvalue weighted by Gasteiger charge is -2.24. The van der Waals surface area contributed by atoms with Gasteiger partial charge in [-0.3, -0.25) is 14.5 Å². The van der Waals surface area contributed by atoms with Crippen LogP contribution in [-0.2, 0) is 21.9 Å². The predicted molar refractivity (Wildman–Crippen MR) is 192 cm³/mol. The fourth-order valence-corrected chi connectivity index (χ4v) is 7.78. The molecule has 1 atom stereocenters. The number of fused-ring (bicyclic) bond motifs is 1. The van der Waals surface area contributed by atoms with Crippen molar-refractivity contribution in [2.75, 3.05) is 24.7 Å². The van der Waals surface area contributed by atoms with Crippen LogP contribution in [0.2, 0.25) is 5.02 Å². The number of ether oxygens (including phenoxy) is 4. The standard InChI is InChI=1S/C37H30ClN3O7S2/c1-2-45-29-18-23(12-14-28(29)48-20-22-8-4-3-5-9-22)32-31(33(42)24-13-15-27-30(19-24)47-17-16-46-27)34(43)35(44)41(32)36-39-40-37(50-36)49-21-25-10-6-7-11-26(25)38/h3-15,18-19,32,42H,2,16-17,20-21H2,1H3/b33-31+/t32-/m0/s1. The summed E-state index contributed by atoms with van der Waals surface area (Å²) in [5, 5.41) is 21.2. The van der Waals surface area contributed by atoms with Crippen LogP contribution >= 0.6 is 34.7 Å². The van der Waals surface area contributed by atoms with Crippen molar-refractivity contribution in [1.82, 2.24) is 10.2 Å². The highest BCUT2D eigenvalue weighted by molar-refractivity contribution is 8.00. The van der Waals surface area contributed by atoms with Crippen LogP contribution in [0, 0.1) is 0 Å². The van der Waals surface area contributed by atoms with E-state index in [0.29, 0.717) is 75.7 Å². The average molecular weight is 728 g/mol. The van der Waals surface area contributed by atoms with Crippen LogP contribution in [0.5, 0.6) is 23.0 Å². The van der Waals surface area contributed by atoms with Crippen molar-refractivity contribution >= 4 is 57.3 Å². The third kappa shape index (κ3) is 6.87. The van der Waals surface area contributed by atoms with E-state index in [1.165, 1.54) is 16.7 Å². The van der Waals surface area contributed by atoms with Gasteiger partial charge in [0.1, 0.15) is 25.6 Å². The maximum Gasteiger partial charge on any atom is 0.301 e. The minimum Gasteiger partial charge on any atom is -0.507 e. The number of anilines is 1. The number of carbonyl (C=O) groups excluding carboxylic acids is 2. The highest BCUT2D eigenvalue weighted by Crippen LogP contribution is 2.46. The Morgan fingerprint density at radius 3 is 2.52 bits per heavy atom. The molecule has 50 heavy (non-hydrogen) atoms. The summed E-state index contributed by atoms with van der Waals surface area (Å²) in [7, 11) is 0. The largest absolute Gasteiger partial charge is 0.507 e. The van der Waals surface area contributed by atoms with Gasteiger partial charge >= 0.3 is 5.91 Å². The molecule has 5 aromatic rings. The third-order valence-electron chi connectivity index (χ3n) is 7.99. The van der Waals surface area contributed by atoms with Crippen LogP contribution in [0.25, 0.3) is 5.76 Å². The van der Waals surface area contributed by atoms with Gasteiger partial charge in [0.2, 0.25) is 5.13 Å². The Balaban J connectivity index is 1.28. The lowest BCUT2D eigenvalue weighted by Crippen LogP contribution is -2.29. The number of Topliss-reactive ketones (excluding diaryl/α,β-unsaturated/α-hetero) is 1. The summed E-state index contributed by atoms with van der Waals surface area (Å²) < 4.78 is 24.1. The number of ketones is 1. The van der Waals surface area contributed by atoms with Crippen molar-refractivity contribution < 1.29 is 33.6 Å². The molecule has 0 spiro atoms. The SMILES string of the molecule is CCOc1cc([C@H]2/C(=C(\O)c3ccc4c(c3)OCCO4)C(=O)C(=O)N2c2nnc(SCc3ccccc3Cl)s2)ccc1OCc1ccccc1. The number of hydrogen-bond acceptors (Lipinski definition) is 11. The number of aromatic nitrogens is 2. The van der Waals surface area contributed by atoms with E-state index in [-0.39, 0.29) is 16.5 Å². The molecule has 0 radical (unpaired) electrons. The minimum absolute atomic E-state index is 0.118. The Morgan fingerprint density at radius 1 is 0.940 bits per heavy atom. The molecule has 0 saturated carbocycles. The Labute approximate surface area is 301 Å². The zero-order valence-electron chi connectivity index (χ0n) is 26.7. The average Bonchev–Trinajstić information content (AvgIpc) is 3.72. The molecule has 10 nitrogen and oxygen atoms in total. The van der Waals surface area contributed by atoms with Gasteiger partial charge in [0.05, 0.1) is 18.2 Å². The van der Waals surface area contributed by atoms with E-state index in [1.807, 2.05) is 61.5 Å². The molecule has 13 heteroatoms. The van der Waals surface area contributed by atoms with E-state index in [4.69, 9.17) is 30.5 Å². The first-order valence-corrected chi connectivity index (χ1v) is 17.9. The topological polar surface area (TPSA) is 120 Å². The molecule has 7 rings (SSSR count). The fourth-order valence-electron chi connectivity index (χ4n) is 5.62. The highest BCUT2D eigenvalue weighted by atomic mass is 35.5. The summed E-state index contributed by atoms with van der Waals surface area (Å²) in [6.45, 7) is 3.24. The maximum atomic E-state index is 13.9. The van der Waals surface area contributed by atoms with Crippen molar-refractivity contribution in [1.29, 1.82) is 0 Å². The molecule has 1 N–H and O–H groups in total. The molecule has 0 aliphatic carbocycles. The Bertz CT molecular complexity index is 2090. The van der Waals surface area contributed by atoms with E-state index in [2.05, 4.69) is 10.2 Å². The highest BCUT2D eigenvalue weighted by Gasteiger charge is 2.48. The predicted octanol–water partition coefficient (Wildman–Crippen LogP) is 7.86. The van der Waals surface area contributed by atoms with E-state index < -0.39 is 17.7 Å². The molecule has 2 aliphatic heterocycles. The molecule has 3 heterocycles. The van der Waals surface area contributed by atoms with Crippen molar-refractivity contribution in [3.8, 4) is 23.0 Å². The Morgan fingerprint density at radius 2 is 1.72 bits per heavy atom. The van der Waals surface area contributed by atoms with Crippen LogP contribution < -0.4 is 23.8 Å². The van der Waals surface area contributed by atoms with E-state index in [1.54, 1.807) is 36.4 Å². The number of benzene rings is 4. The second-order valence-corrected chi connectivity index (χ2v) is 13.8. The van der Waals surface area contributed by atoms with Crippen molar-refractivity contribution in [2.45, 2.75) is 29.7 Å². The number of rotatable bonds is 11.